The smallest absolute Gasteiger partial charge is 0.343 e. The molecule has 19 heavy (non-hydrogen) atoms. The normalized spacial score (nSPS) is 10.2. The summed E-state index contributed by atoms with van der Waals surface area (Å²) in [7, 11) is 0. The second kappa shape index (κ2) is 6.19. The third kappa shape index (κ3) is 3.44. The molecule has 0 spiro atoms. The first-order chi connectivity index (χ1) is 9.22. The molecule has 0 N–H and O–H groups in total. The van der Waals surface area contributed by atoms with Gasteiger partial charge < -0.3 is 4.74 Å². The average Bonchev–Trinajstić information content (AvgIpc) is 2.48. The molecule has 2 rings (SSSR count). The summed E-state index contributed by atoms with van der Waals surface area (Å²) in [6, 6.07) is 15.1. The molecule has 98 valence electrons. The molecule has 0 radical (unpaired) electrons. The van der Waals surface area contributed by atoms with Gasteiger partial charge in [0.2, 0.25) is 0 Å². The van der Waals surface area contributed by atoms with E-state index in [9.17, 15) is 4.79 Å². The van der Waals surface area contributed by atoms with Crippen molar-refractivity contribution in [1.29, 1.82) is 0 Å². The fourth-order valence-electron chi connectivity index (χ4n) is 1.84. The Bertz CT molecular complexity index is 538. The minimum atomic E-state index is -0.313. The fraction of sp³-hybridized carbons (Fsp3) is 0.235. The van der Waals surface area contributed by atoms with Crippen LogP contribution in [-0.4, -0.2) is 5.97 Å². The van der Waals surface area contributed by atoms with Crippen molar-refractivity contribution in [3.05, 3.63) is 65.2 Å². The second-order valence-electron chi connectivity index (χ2n) is 4.44. The summed E-state index contributed by atoms with van der Waals surface area (Å²) in [6.45, 7) is 4.18. The molecule has 2 aromatic carbocycles. The van der Waals surface area contributed by atoms with E-state index in [1.807, 2.05) is 48.5 Å². The summed E-state index contributed by atoms with van der Waals surface area (Å²) in [4.78, 5) is 11.9. The summed E-state index contributed by atoms with van der Waals surface area (Å²) < 4.78 is 5.33. The minimum absolute atomic E-state index is 0.313. The lowest BCUT2D eigenvalue weighted by Crippen LogP contribution is -2.08. The van der Waals surface area contributed by atoms with E-state index in [-0.39, 0.29) is 5.97 Å². The third-order valence-electron chi connectivity index (χ3n) is 3.14. The van der Waals surface area contributed by atoms with Crippen molar-refractivity contribution in [3.63, 3.8) is 0 Å². The molecule has 0 fully saturated rings. The molecule has 0 aromatic heterocycles. The van der Waals surface area contributed by atoms with Crippen molar-refractivity contribution in [1.82, 2.24) is 0 Å². The van der Waals surface area contributed by atoms with Gasteiger partial charge >= 0.3 is 5.97 Å². The topological polar surface area (TPSA) is 26.3 Å². The Labute approximate surface area is 114 Å². The van der Waals surface area contributed by atoms with Crippen LogP contribution in [-0.2, 0) is 12.8 Å². The zero-order valence-corrected chi connectivity index (χ0v) is 11.3. The Morgan fingerprint density at radius 3 is 1.79 bits per heavy atom. The first kappa shape index (κ1) is 13.3. The molecule has 0 bridgehead atoms. The van der Waals surface area contributed by atoms with E-state index in [0.717, 1.165) is 12.8 Å². The highest BCUT2D eigenvalue weighted by atomic mass is 16.5. The summed E-state index contributed by atoms with van der Waals surface area (Å²) in [5.41, 5.74) is 3.02. The molecule has 2 heteroatoms. The van der Waals surface area contributed by atoms with Gasteiger partial charge in [0.25, 0.3) is 0 Å². The Morgan fingerprint density at radius 1 is 0.842 bits per heavy atom. The van der Waals surface area contributed by atoms with Crippen LogP contribution in [0.25, 0.3) is 0 Å². The number of aryl methyl sites for hydroxylation is 2. The highest BCUT2D eigenvalue weighted by molar-refractivity contribution is 5.91. The summed E-state index contributed by atoms with van der Waals surface area (Å²) >= 11 is 0. The molecular formula is C17H18O2. The lowest BCUT2D eigenvalue weighted by Gasteiger charge is -2.05. The Kier molecular flexibility index (Phi) is 4.35. The van der Waals surface area contributed by atoms with Gasteiger partial charge in [0.05, 0.1) is 5.56 Å². The molecule has 0 amide bonds. The molecule has 0 unspecified atom stereocenters. The number of esters is 1. The van der Waals surface area contributed by atoms with Crippen molar-refractivity contribution >= 4 is 5.97 Å². The van der Waals surface area contributed by atoms with Crippen molar-refractivity contribution in [2.24, 2.45) is 0 Å². The van der Waals surface area contributed by atoms with Crippen molar-refractivity contribution in [2.75, 3.05) is 0 Å². The number of benzene rings is 2. The van der Waals surface area contributed by atoms with Gasteiger partial charge in [0.1, 0.15) is 5.75 Å². The average molecular weight is 254 g/mol. The largest absolute Gasteiger partial charge is 0.423 e. The SMILES string of the molecule is CCc1ccc(OC(=O)c2ccc(CC)cc2)cc1. The zero-order chi connectivity index (χ0) is 13.7. The first-order valence-electron chi connectivity index (χ1n) is 6.63. The number of carbonyl (C=O) groups excluding carboxylic acids is 1. The summed E-state index contributed by atoms with van der Waals surface area (Å²) in [5.74, 6) is 0.272. The molecule has 2 aromatic rings. The third-order valence-corrected chi connectivity index (χ3v) is 3.14. The van der Waals surface area contributed by atoms with Crippen LogP contribution < -0.4 is 4.74 Å². The van der Waals surface area contributed by atoms with Crippen molar-refractivity contribution < 1.29 is 9.53 Å². The van der Waals surface area contributed by atoms with Gasteiger partial charge in [-0.05, 0) is 48.2 Å². The van der Waals surface area contributed by atoms with Gasteiger partial charge in [-0.2, -0.15) is 0 Å². The predicted molar refractivity (Wildman–Crippen MR) is 76.6 cm³/mol. The Morgan fingerprint density at radius 2 is 1.32 bits per heavy atom. The standard InChI is InChI=1S/C17H18O2/c1-3-13-5-9-15(10-6-13)17(18)19-16-11-7-14(4-2)8-12-16/h5-12H,3-4H2,1-2H3. The second-order valence-corrected chi connectivity index (χ2v) is 4.44. The lowest BCUT2D eigenvalue weighted by atomic mass is 10.1. The van der Waals surface area contributed by atoms with Crippen LogP contribution in [0.5, 0.6) is 5.75 Å². The highest BCUT2D eigenvalue weighted by Crippen LogP contribution is 2.15. The van der Waals surface area contributed by atoms with Crippen LogP contribution in [0.3, 0.4) is 0 Å². The first-order valence-corrected chi connectivity index (χ1v) is 6.63. The number of hydrogen-bond acceptors (Lipinski definition) is 2. The number of hydrogen-bond donors (Lipinski definition) is 0. The monoisotopic (exact) mass is 254 g/mol. The van der Waals surface area contributed by atoms with Gasteiger partial charge in [-0.25, -0.2) is 4.79 Å². The Hall–Kier alpha value is -2.09. The van der Waals surface area contributed by atoms with Gasteiger partial charge in [0.15, 0.2) is 0 Å². The van der Waals surface area contributed by atoms with E-state index in [1.54, 1.807) is 0 Å². The van der Waals surface area contributed by atoms with Gasteiger partial charge in [-0.3, -0.25) is 0 Å². The fourth-order valence-corrected chi connectivity index (χ4v) is 1.84. The van der Waals surface area contributed by atoms with E-state index in [4.69, 9.17) is 4.74 Å². The van der Waals surface area contributed by atoms with Crippen LogP contribution >= 0.6 is 0 Å². The maximum absolute atomic E-state index is 11.9. The molecule has 0 saturated carbocycles. The molecule has 2 nitrogen and oxygen atoms in total. The van der Waals surface area contributed by atoms with E-state index in [2.05, 4.69) is 13.8 Å². The predicted octanol–water partition coefficient (Wildman–Crippen LogP) is 4.03. The molecule has 0 aliphatic rings. The van der Waals surface area contributed by atoms with Crippen LogP contribution in [0.1, 0.15) is 35.3 Å². The van der Waals surface area contributed by atoms with Crippen LogP contribution in [0, 0.1) is 0 Å². The number of ether oxygens (including phenoxy) is 1. The van der Waals surface area contributed by atoms with E-state index in [0.29, 0.717) is 11.3 Å². The van der Waals surface area contributed by atoms with E-state index < -0.39 is 0 Å². The maximum Gasteiger partial charge on any atom is 0.343 e. The molecule has 0 heterocycles. The number of carbonyl (C=O) groups is 1. The summed E-state index contributed by atoms with van der Waals surface area (Å²) in [6.07, 6.45) is 1.94. The van der Waals surface area contributed by atoms with Crippen LogP contribution in [0.2, 0.25) is 0 Å². The quantitative estimate of drug-likeness (QED) is 0.608. The van der Waals surface area contributed by atoms with Crippen LogP contribution in [0.15, 0.2) is 48.5 Å². The maximum atomic E-state index is 11.9. The molecule has 0 saturated heterocycles. The number of rotatable bonds is 4. The summed E-state index contributed by atoms with van der Waals surface area (Å²) in [5, 5.41) is 0. The van der Waals surface area contributed by atoms with Crippen molar-refractivity contribution in [2.45, 2.75) is 26.7 Å². The minimum Gasteiger partial charge on any atom is -0.423 e. The van der Waals surface area contributed by atoms with E-state index in [1.165, 1.54) is 11.1 Å². The zero-order valence-electron chi connectivity index (χ0n) is 11.3. The molecule has 0 aliphatic heterocycles. The Balaban J connectivity index is 2.06. The van der Waals surface area contributed by atoms with Crippen molar-refractivity contribution in [3.8, 4) is 5.75 Å². The lowest BCUT2D eigenvalue weighted by molar-refractivity contribution is 0.0734. The van der Waals surface area contributed by atoms with E-state index >= 15 is 0 Å². The highest BCUT2D eigenvalue weighted by Gasteiger charge is 2.08. The molecule has 0 aliphatic carbocycles. The van der Waals surface area contributed by atoms with Crippen LogP contribution in [0.4, 0.5) is 0 Å². The molecular weight excluding hydrogens is 236 g/mol. The van der Waals surface area contributed by atoms with Gasteiger partial charge in [-0.1, -0.05) is 38.1 Å². The van der Waals surface area contributed by atoms with Gasteiger partial charge in [0, 0.05) is 0 Å². The van der Waals surface area contributed by atoms with Gasteiger partial charge in [-0.15, -0.1) is 0 Å². The molecule has 0 atom stereocenters.